The molecule has 2 heterocycles. The zero-order chi connectivity index (χ0) is 19.3. The van der Waals surface area contributed by atoms with Crippen LogP contribution in [0.4, 0.5) is 5.69 Å². The van der Waals surface area contributed by atoms with E-state index in [1.165, 1.54) is 10.9 Å². The van der Waals surface area contributed by atoms with Gasteiger partial charge in [0.15, 0.2) is 0 Å². The Morgan fingerprint density at radius 1 is 1.04 bits per heavy atom. The minimum absolute atomic E-state index is 0.194. The quantitative estimate of drug-likeness (QED) is 0.706. The molecule has 140 valence electrons. The van der Waals surface area contributed by atoms with Gasteiger partial charge in [0.1, 0.15) is 6.07 Å². The van der Waals surface area contributed by atoms with Gasteiger partial charge >= 0.3 is 0 Å². The van der Waals surface area contributed by atoms with Crippen molar-refractivity contribution < 1.29 is 4.79 Å². The van der Waals surface area contributed by atoms with Gasteiger partial charge in [0, 0.05) is 50.4 Å². The predicted molar refractivity (Wildman–Crippen MR) is 110 cm³/mol. The molecule has 1 aliphatic rings. The van der Waals surface area contributed by atoms with E-state index in [9.17, 15) is 10.1 Å². The van der Waals surface area contributed by atoms with Crippen molar-refractivity contribution in [1.82, 2.24) is 9.88 Å². The fourth-order valence-electron chi connectivity index (χ4n) is 3.85. The molecular weight excluding hydrogens is 348 g/mol. The van der Waals surface area contributed by atoms with Crippen LogP contribution in [0.3, 0.4) is 0 Å². The molecule has 0 aliphatic carbocycles. The third-order valence-electron chi connectivity index (χ3n) is 5.38. The van der Waals surface area contributed by atoms with Gasteiger partial charge in [0.25, 0.3) is 0 Å². The van der Waals surface area contributed by atoms with Gasteiger partial charge in [-0.1, -0.05) is 30.3 Å². The van der Waals surface area contributed by atoms with Crippen LogP contribution in [-0.4, -0.2) is 42.0 Å². The van der Waals surface area contributed by atoms with Crippen molar-refractivity contribution in [2.45, 2.75) is 12.8 Å². The summed E-state index contributed by atoms with van der Waals surface area (Å²) in [6, 6.07) is 18.1. The Balaban J connectivity index is 1.36. The molecule has 0 radical (unpaired) electrons. The number of anilines is 1. The average Bonchev–Trinajstić information content (AvgIpc) is 2.77. The molecule has 5 nitrogen and oxygen atoms in total. The smallest absolute Gasteiger partial charge is 0.223 e. The molecule has 0 atom stereocenters. The maximum Gasteiger partial charge on any atom is 0.223 e. The van der Waals surface area contributed by atoms with E-state index in [1.807, 2.05) is 53.6 Å². The number of fused-ring (bicyclic) bond motifs is 1. The number of nitrogens with zero attached hydrogens (tertiary/aromatic N) is 4. The number of carbonyl (C=O) groups is 1. The SMILES string of the molecule is N#Cc1ccccc1N1CCN(C(=O)CCc2cccc3cnccc23)CC1. The lowest BCUT2D eigenvalue weighted by Gasteiger charge is -2.36. The lowest BCUT2D eigenvalue weighted by molar-refractivity contribution is -0.131. The summed E-state index contributed by atoms with van der Waals surface area (Å²) in [5, 5.41) is 11.6. The van der Waals surface area contributed by atoms with Gasteiger partial charge in [-0.15, -0.1) is 0 Å². The Hall–Kier alpha value is -3.39. The molecule has 2 aromatic carbocycles. The summed E-state index contributed by atoms with van der Waals surface area (Å²) < 4.78 is 0. The molecule has 1 amide bonds. The highest BCUT2D eigenvalue weighted by molar-refractivity contribution is 5.85. The number of aromatic nitrogens is 1. The summed E-state index contributed by atoms with van der Waals surface area (Å²) in [7, 11) is 0. The second-order valence-electron chi connectivity index (χ2n) is 7.01. The van der Waals surface area contributed by atoms with E-state index in [2.05, 4.69) is 22.0 Å². The van der Waals surface area contributed by atoms with Gasteiger partial charge in [-0.2, -0.15) is 5.26 Å². The number of amides is 1. The van der Waals surface area contributed by atoms with Crippen LogP contribution in [0.2, 0.25) is 0 Å². The molecule has 4 rings (SSSR count). The molecular formula is C23H22N4O. The van der Waals surface area contributed by atoms with Gasteiger partial charge in [-0.25, -0.2) is 0 Å². The molecule has 5 heteroatoms. The Bertz CT molecular complexity index is 1030. The van der Waals surface area contributed by atoms with Crippen LogP contribution in [0.25, 0.3) is 10.8 Å². The number of hydrogen-bond acceptors (Lipinski definition) is 4. The second kappa shape index (κ2) is 8.10. The van der Waals surface area contributed by atoms with Crippen LogP contribution in [0.5, 0.6) is 0 Å². The number of aryl methyl sites for hydroxylation is 1. The zero-order valence-corrected chi connectivity index (χ0v) is 15.7. The minimum atomic E-state index is 0.194. The molecule has 0 bridgehead atoms. The first kappa shape index (κ1) is 18.0. The highest BCUT2D eigenvalue weighted by atomic mass is 16.2. The van der Waals surface area contributed by atoms with E-state index in [-0.39, 0.29) is 5.91 Å². The first-order chi connectivity index (χ1) is 13.8. The van der Waals surface area contributed by atoms with Crippen molar-refractivity contribution in [3.05, 3.63) is 72.1 Å². The molecule has 0 spiro atoms. The fourth-order valence-corrected chi connectivity index (χ4v) is 3.85. The number of para-hydroxylation sites is 1. The third-order valence-corrected chi connectivity index (χ3v) is 5.38. The van der Waals surface area contributed by atoms with Crippen LogP contribution in [0, 0.1) is 11.3 Å². The van der Waals surface area contributed by atoms with Crippen molar-refractivity contribution in [2.24, 2.45) is 0 Å². The van der Waals surface area contributed by atoms with Gasteiger partial charge in [-0.3, -0.25) is 9.78 Å². The first-order valence-corrected chi connectivity index (χ1v) is 9.60. The van der Waals surface area contributed by atoms with Crippen LogP contribution in [0.1, 0.15) is 17.5 Å². The van der Waals surface area contributed by atoms with E-state index < -0.39 is 0 Å². The molecule has 28 heavy (non-hydrogen) atoms. The largest absolute Gasteiger partial charge is 0.367 e. The predicted octanol–water partition coefficient (Wildman–Crippen LogP) is 3.39. The van der Waals surface area contributed by atoms with E-state index in [0.717, 1.165) is 30.6 Å². The molecule has 0 unspecified atom stereocenters. The summed E-state index contributed by atoms with van der Waals surface area (Å²) in [6.07, 6.45) is 4.90. The van der Waals surface area contributed by atoms with Gasteiger partial charge < -0.3 is 9.80 Å². The Morgan fingerprint density at radius 2 is 1.86 bits per heavy atom. The minimum Gasteiger partial charge on any atom is -0.367 e. The molecule has 1 fully saturated rings. The maximum absolute atomic E-state index is 12.7. The number of benzene rings is 2. The summed E-state index contributed by atoms with van der Waals surface area (Å²) in [6.45, 7) is 2.89. The van der Waals surface area contributed by atoms with Crippen molar-refractivity contribution in [3.63, 3.8) is 0 Å². The van der Waals surface area contributed by atoms with Crippen LogP contribution in [0.15, 0.2) is 60.9 Å². The Kier molecular flexibility index (Phi) is 5.20. The molecule has 3 aromatic rings. The lowest BCUT2D eigenvalue weighted by atomic mass is 10.0. The molecule has 0 saturated carbocycles. The normalized spacial score (nSPS) is 14.1. The summed E-state index contributed by atoms with van der Waals surface area (Å²) >= 11 is 0. The number of carbonyl (C=O) groups excluding carboxylic acids is 1. The monoisotopic (exact) mass is 370 g/mol. The number of nitriles is 1. The summed E-state index contributed by atoms with van der Waals surface area (Å²) in [5.74, 6) is 0.194. The van der Waals surface area contributed by atoms with Crippen molar-refractivity contribution in [2.75, 3.05) is 31.1 Å². The number of pyridine rings is 1. The second-order valence-corrected chi connectivity index (χ2v) is 7.01. The van der Waals surface area contributed by atoms with Crippen LogP contribution in [-0.2, 0) is 11.2 Å². The molecule has 1 aromatic heterocycles. The fraction of sp³-hybridized carbons (Fsp3) is 0.261. The number of piperazine rings is 1. The standard InChI is InChI=1S/C23H22N4O/c24-16-19-4-1-2-7-22(19)26-12-14-27(15-13-26)23(28)9-8-18-5-3-6-20-17-25-11-10-21(18)20/h1-7,10-11,17H,8-9,12-15H2. The summed E-state index contributed by atoms with van der Waals surface area (Å²) in [4.78, 5) is 21.0. The Morgan fingerprint density at radius 3 is 2.68 bits per heavy atom. The van der Waals surface area contributed by atoms with E-state index in [4.69, 9.17) is 0 Å². The first-order valence-electron chi connectivity index (χ1n) is 9.60. The zero-order valence-electron chi connectivity index (χ0n) is 15.7. The van der Waals surface area contributed by atoms with Crippen molar-refractivity contribution in [1.29, 1.82) is 5.26 Å². The van der Waals surface area contributed by atoms with Crippen LogP contribution < -0.4 is 4.90 Å². The third kappa shape index (κ3) is 3.67. The maximum atomic E-state index is 12.7. The summed E-state index contributed by atoms with van der Waals surface area (Å²) in [5.41, 5.74) is 2.84. The average molecular weight is 370 g/mol. The molecule has 1 saturated heterocycles. The Labute approximate surface area is 164 Å². The van der Waals surface area contributed by atoms with Gasteiger partial charge in [-0.05, 0) is 35.6 Å². The van der Waals surface area contributed by atoms with Gasteiger partial charge in [0.05, 0.1) is 11.3 Å². The van der Waals surface area contributed by atoms with Gasteiger partial charge in [0.2, 0.25) is 5.91 Å². The highest BCUT2D eigenvalue weighted by Gasteiger charge is 2.22. The van der Waals surface area contributed by atoms with E-state index >= 15 is 0 Å². The number of hydrogen-bond donors (Lipinski definition) is 0. The topological polar surface area (TPSA) is 60.2 Å². The molecule has 1 aliphatic heterocycles. The number of rotatable bonds is 4. The van der Waals surface area contributed by atoms with Crippen molar-refractivity contribution >= 4 is 22.4 Å². The van der Waals surface area contributed by atoms with E-state index in [1.54, 1.807) is 6.20 Å². The lowest BCUT2D eigenvalue weighted by Crippen LogP contribution is -2.49. The van der Waals surface area contributed by atoms with E-state index in [0.29, 0.717) is 25.1 Å². The van der Waals surface area contributed by atoms with Crippen molar-refractivity contribution in [3.8, 4) is 6.07 Å². The van der Waals surface area contributed by atoms with Crippen LogP contribution >= 0.6 is 0 Å². The highest BCUT2D eigenvalue weighted by Crippen LogP contribution is 2.22. The molecule has 0 N–H and O–H groups in total.